The van der Waals surface area contributed by atoms with Gasteiger partial charge in [0.15, 0.2) is 11.2 Å². The van der Waals surface area contributed by atoms with E-state index < -0.39 is 0 Å². The van der Waals surface area contributed by atoms with Crippen molar-refractivity contribution in [3.63, 3.8) is 0 Å². The van der Waals surface area contributed by atoms with E-state index in [1.165, 1.54) is 22.3 Å². The molecule has 1 aliphatic rings. The van der Waals surface area contributed by atoms with Gasteiger partial charge in [0, 0.05) is 50.5 Å². The number of benzene rings is 6. The van der Waals surface area contributed by atoms with Crippen LogP contribution in [-0.2, 0) is 5.41 Å². The minimum absolute atomic E-state index is 0.219. The van der Waals surface area contributed by atoms with Gasteiger partial charge in [-0.3, -0.25) is 9.97 Å². The van der Waals surface area contributed by atoms with Gasteiger partial charge in [-0.1, -0.05) is 98.8 Å². The van der Waals surface area contributed by atoms with Gasteiger partial charge < -0.3 is 8.83 Å². The highest BCUT2D eigenvalue weighted by molar-refractivity contribution is 6.17. The molecule has 0 N–H and O–H groups in total. The molecule has 4 nitrogen and oxygen atoms in total. The Morgan fingerprint density at radius 1 is 0.429 bits per heavy atom. The van der Waals surface area contributed by atoms with E-state index in [9.17, 15) is 0 Å². The third-order valence-corrected chi connectivity index (χ3v) is 10.8. The van der Waals surface area contributed by atoms with Crippen LogP contribution >= 0.6 is 0 Å². The maximum absolute atomic E-state index is 6.65. The minimum atomic E-state index is -0.219. The van der Waals surface area contributed by atoms with Gasteiger partial charge in [0.25, 0.3) is 0 Å². The van der Waals surface area contributed by atoms with E-state index >= 15 is 0 Å². The number of hydrogen-bond acceptors (Lipinski definition) is 4. The average molecular weight is 629 g/mol. The molecule has 0 fully saturated rings. The smallest absolute Gasteiger partial charge is 0.161 e. The first kappa shape index (κ1) is 26.8. The summed E-state index contributed by atoms with van der Waals surface area (Å²) in [5.41, 5.74) is 14.5. The molecule has 4 aromatic heterocycles. The maximum Gasteiger partial charge on any atom is 0.161 e. The fourth-order valence-corrected chi connectivity index (χ4v) is 8.30. The van der Waals surface area contributed by atoms with Crippen LogP contribution in [0.3, 0.4) is 0 Å². The topological polar surface area (TPSA) is 52.1 Å². The van der Waals surface area contributed by atoms with Gasteiger partial charge in [0.1, 0.15) is 22.2 Å². The molecule has 0 amide bonds. The lowest BCUT2D eigenvalue weighted by Gasteiger charge is -2.22. The lowest BCUT2D eigenvalue weighted by atomic mass is 9.81. The van der Waals surface area contributed by atoms with E-state index in [0.29, 0.717) is 0 Å². The Morgan fingerprint density at radius 3 is 1.39 bits per heavy atom. The molecule has 0 bridgehead atoms. The summed E-state index contributed by atoms with van der Waals surface area (Å²) in [6.45, 7) is 4.66. The highest BCUT2D eigenvalue weighted by Crippen LogP contribution is 2.51. The van der Waals surface area contributed by atoms with Crippen LogP contribution in [0.2, 0.25) is 0 Å². The summed E-state index contributed by atoms with van der Waals surface area (Å²) in [6.07, 6.45) is 3.80. The average Bonchev–Trinajstić information content (AvgIpc) is 3.80. The second-order valence-corrected chi connectivity index (χ2v) is 13.7. The van der Waals surface area contributed by atoms with Gasteiger partial charge in [-0.2, -0.15) is 0 Å². The molecule has 49 heavy (non-hydrogen) atoms. The van der Waals surface area contributed by atoms with Crippen LogP contribution in [0.5, 0.6) is 0 Å². The second kappa shape index (κ2) is 9.42. The van der Waals surface area contributed by atoms with Crippen molar-refractivity contribution in [2.45, 2.75) is 19.3 Å². The highest BCUT2D eigenvalue weighted by Gasteiger charge is 2.36. The predicted molar refractivity (Wildman–Crippen MR) is 200 cm³/mol. The third kappa shape index (κ3) is 3.58. The summed E-state index contributed by atoms with van der Waals surface area (Å²) in [7, 11) is 0. The first-order chi connectivity index (χ1) is 24.0. The number of pyridine rings is 2. The van der Waals surface area contributed by atoms with Crippen LogP contribution in [0.4, 0.5) is 0 Å². The van der Waals surface area contributed by atoms with Crippen LogP contribution < -0.4 is 0 Å². The third-order valence-electron chi connectivity index (χ3n) is 10.8. The number of rotatable bonds is 2. The molecule has 0 atom stereocenters. The van der Waals surface area contributed by atoms with Crippen molar-refractivity contribution >= 4 is 65.7 Å². The van der Waals surface area contributed by atoms with E-state index in [1.54, 1.807) is 0 Å². The Labute approximate surface area is 281 Å². The first-order valence-electron chi connectivity index (χ1n) is 16.7. The van der Waals surface area contributed by atoms with Gasteiger partial charge in [-0.25, -0.2) is 0 Å². The number of fused-ring (bicyclic) bond motifs is 13. The van der Waals surface area contributed by atoms with Crippen LogP contribution in [0.15, 0.2) is 143 Å². The summed E-state index contributed by atoms with van der Waals surface area (Å²) in [5.74, 6) is 0. The zero-order valence-corrected chi connectivity index (χ0v) is 26.9. The molecule has 4 heteroatoms. The van der Waals surface area contributed by atoms with Gasteiger partial charge in [-0.15, -0.1) is 0 Å². The SMILES string of the molecule is CC1(C)c2cc(-c3ccnc4c3oc3c5ccccc5ccc43)ccc2-c2ccc(-c3ccnc4c3oc3c5ccccc5ccc43)cc21. The molecule has 10 aromatic rings. The van der Waals surface area contributed by atoms with E-state index in [4.69, 9.17) is 18.8 Å². The molecule has 11 rings (SSSR count). The van der Waals surface area contributed by atoms with E-state index in [0.717, 1.165) is 87.9 Å². The summed E-state index contributed by atoms with van der Waals surface area (Å²) < 4.78 is 13.3. The van der Waals surface area contributed by atoms with Crippen molar-refractivity contribution in [2.24, 2.45) is 0 Å². The van der Waals surface area contributed by atoms with Crippen molar-refractivity contribution in [1.82, 2.24) is 9.97 Å². The summed E-state index contributed by atoms with van der Waals surface area (Å²) >= 11 is 0. The molecule has 0 unspecified atom stereocenters. The van der Waals surface area contributed by atoms with Crippen molar-refractivity contribution in [2.75, 3.05) is 0 Å². The first-order valence-corrected chi connectivity index (χ1v) is 16.7. The molecule has 230 valence electrons. The van der Waals surface area contributed by atoms with Gasteiger partial charge in [0.05, 0.1) is 0 Å². The molecular formula is C45H28N2O2. The predicted octanol–water partition coefficient (Wildman–Crippen LogP) is 12.2. The quantitative estimate of drug-likeness (QED) is 0.191. The monoisotopic (exact) mass is 628 g/mol. The van der Waals surface area contributed by atoms with E-state index in [1.807, 2.05) is 12.4 Å². The largest absolute Gasteiger partial charge is 0.453 e. The fourth-order valence-electron chi connectivity index (χ4n) is 8.30. The van der Waals surface area contributed by atoms with Gasteiger partial charge in [-0.05, 0) is 80.6 Å². The van der Waals surface area contributed by atoms with Crippen LogP contribution in [-0.4, -0.2) is 9.97 Å². The minimum Gasteiger partial charge on any atom is -0.453 e. The lowest BCUT2D eigenvalue weighted by Crippen LogP contribution is -2.15. The van der Waals surface area contributed by atoms with E-state index in [-0.39, 0.29) is 5.41 Å². The van der Waals surface area contributed by atoms with Gasteiger partial charge in [0.2, 0.25) is 0 Å². The van der Waals surface area contributed by atoms with Gasteiger partial charge >= 0.3 is 0 Å². The Bertz CT molecular complexity index is 2830. The molecule has 1 aliphatic carbocycles. The van der Waals surface area contributed by atoms with Crippen LogP contribution in [0, 0.1) is 0 Å². The fraction of sp³-hybridized carbons (Fsp3) is 0.0667. The highest BCUT2D eigenvalue weighted by atomic mass is 16.3. The molecular weight excluding hydrogens is 601 g/mol. The van der Waals surface area contributed by atoms with E-state index in [2.05, 4.69) is 135 Å². The Hall–Kier alpha value is -6.26. The van der Waals surface area contributed by atoms with Crippen molar-refractivity contribution in [3.8, 4) is 33.4 Å². The molecule has 0 saturated carbocycles. The van der Waals surface area contributed by atoms with Crippen LogP contribution in [0.1, 0.15) is 25.0 Å². The van der Waals surface area contributed by atoms with Crippen molar-refractivity contribution in [1.29, 1.82) is 0 Å². The molecule has 0 radical (unpaired) electrons. The zero-order chi connectivity index (χ0) is 32.4. The molecule has 6 aromatic carbocycles. The molecule has 0 spiro atoms. The molecule has 0 saturated heterocycles. The number of furan rings is 2. The molecule has 4 heterocycles. The summed E-state index contributed by atoms with van der Waals surface area (Å²) in [4.78, 5) is 9.56. The maximum atomic E-state index is 6.65. The number of aromatic nitrogens is 2. The summed E-state index contributed by atoms with van der Waals surface area (Å²) in [5, 5.41) is 6.61. The van der Waals surface area contributed by atoms with Crippen LogP contribution in [0.25, 0.3) is 99.1 Å². The second-order valence-electron chi connectivity index (χ2n) is 13.7. The molecule has 0 aliphatic heterocycles. The lowest BCUT2D eigenvalue weighted by molar-refractivity contribution is 0.660. The Morgan fingerprint density at radius 2 is 0.898 bits per heavy atom. The van der Waals surface area contributed by atoms with Crippen molar-refractivity contribution < 1.29 is 8.83 Å². The number of nitrogens with zero attached hydrogens (tertiary/aromatic N) is 2. The summed E-state index contributed by atoms with van der Waals surface area (Å²) in [6, 6.07) is 43.1. The standard InChI is InChI=1S/C45H28N2O2/c1-45(2)37-23-27(31-19-21-46-39-35-17-11-25-7-3-5-9-29(25)41(35)48-43(31)39)13-15-33(37)34-16-14-28(24-38(34)45)32-20-22-47-40-36-18-12-26-8-4-6-10-30(26)42(36)49-44(32)40/h3-24H,1-2H3. The normalized spacial score (nSPS) is 13.7. The Kier molecular flexibility index (Phi) is 5.15. The van der Waals surface area contributed by atoms with Crippen molar-refractivity contribution in [3.05, 3.63) is 145 Å². The zero-order valence-electron chi connectivity index (χ0n) is 26.9. The Balaban J connectivity index is 1.05. The number of hydrogen-bond donors (Lipinski definition) is 0.